The third-order valence-corrected chi connectivity index (χ3v) is 4.07. The molecule has 2 aromatic rings. The monoisotopic (exact) mass is 321 g/mol. The summed E-state index contributed by atoms with van der Waals surface area (Å²) in [4.78, 5) is 14.3. The Kier molecular flexibility index (Phi) is 4.43. The van der Waals surface area contributed by atoms with Crippen LogP contribution in [0.4, 0.5) is 0 Å². The highest BCUT2D eigenvalue weighted by atomic mass is 79.9. The molecule has 3 nitrogen and oxygen atoms in total. The number of halogens is 1. The van der Waals surface area contributed by atoms with Crippen molar-refractivity contribution < 1.29 is 9.21 Å². The lowest BCUT2D eigenvalue weighted by Gasteiger charge is -2.20. The van der Waals surface area contributed by atoms with Gasteiger partial charge in [-0.05, 0) is 53.5 Å². The molecule has 2 rings (SSSR count). The average Bonchev–Trinajstić information content (AvgIpc) is 2.91. The third-order valence-electron chi connectivity index (χ3n) is 3.02. The van der Waals surface area contributed by atoms with Crippen molar-refractivity contribution in [3.05, 3.63) is 58.0 Å². The molecule has 0 aliphatic rings. The number of hydrogen-bond acceptors (Lipinski definition) is 2. The van der Waals surface area contributed by atoms with E-state index in [1.54, 1.807) is 11.2 Å². The van der Waals surface area contributed by atoms with Crippen LogP contribution in [0.2, 0.25) is 0 Å². The number of rotatable bonds is 4. The molecule has 0 aliphatic heterocycles. The lowest BCUT2D eigenvalue weighted by molar-refractivity contribution is 0.0740. The highest BCUT2D eigenvalue weighted by molar-refractivity contribution is 9.10. The van der Waals surface area contributed by atoms with Crippen LogP contribution in [0, 0.1) is 6.92 Å². The molecular weight excluding hydrogens is 306 g/mol. The second-order valence-corrected chi connectivity index (χ2v) is 5.13. The maximum Gasteiger partial charge on any atom is 0.255 e. The molecular formula is C15H16BrNO2. The van der Waals surface area contributed by atoms with Crippen molar-refractivity contribution in [2.75, 3.05) is 6.54 Å². The van der Waals surface area contributed by atoms with E-state index in [0.29, 0.717) is 18.7 Å². The van der Waals surface area contributed by atoms with Crippen LogP contribution in [-0.4, -0.2) is 17.4 Å². The van der Waals surface area contributed by atoms with Crippen molar-refractivity contribution in [3.8, 4) is 0 Å². The maximum atomic E-state index is 12.5. The Hall–Kier alpha value is -1.55. The van der Waals surface area contributed by atoms with Gasteiger partial charge in [0.15, 0.2) is 0 Å². The fourth-order valence-corrected chi connectivity index (χ4v) is 2.33. The van der Waals surface area contributed by atoms with Gasteiger partial charge in [0, 0.05) is 11.0 Å². The van der Waals surface area contributed by atoms with Crippen molar-refractivity contribution in [3.63, 3.8) is 0 Å². The van der Waals surface area contributed by atoms with E-state index in [1.165, 1.54) is 0 Å². The SMILES string of the molecule is CCN(Cc1ccco1)C(=O)c1cccc(C)c1Br. The highest BCUT2D eigenvalue weighted by Gasteiger charge is 2.18. The van der Waals surface area contributed by atoms with Crippen molar-refractivity contribution >= 4 is 21.8 Å². The summed E-state index contributed by atoms with van der Waals surface area (Å²) in [6.07, 6.45) is 1.62. The third kappa shape index (κ3) is 3.07. The van der Waals surface area contributed by atoms with E-state index in [4.69, 9.17) is 4.42 Å². The lowest BCUT2D eigenvalue weighted by Crippen LogP contribution is -2.30. The normalized spacial score (nSPS) is 10.5. The first-order chi connectivity index (χ1) is 9.13. The molecule has 0 unspecified atom stereocenters. The number of amides is 1. The van der Waals surface area contributed by atoms with Crippen LogP contribution in [0.25, 0.3) is 0 Å². The molecule has 1 aromatic heterocycles. The molecule has 0 bridgehead atoms. The van der Waals surface area contributed by atoms with Gasteiger partial charge in [0.05, 0.1) is 18.4 Å². The molecule has 100 valence electrons. The van der Waals surface area contributed by atoms with Crippen molar-refractivity contribution in [2.45, 2.75) is 20.4 Å². The number of furan rings is 1. The first-order valence-electron chi connectivity index (χ1n) is 6.20. The van der Waals surface area contributed by atoms with Crippen LogP contribution < -0.4 is 0 Å². The fourth-order valence-electron chi connectivity index (χ4n) is 1.90. The fraction of sp³-hybridized carbons (Fsp3) is 0.267. The van der Waals surface area contributed by atoms with Gasteiger partial charge in [-0.25, -0.2) is 0 Å². The Balaban J connectivity index is 2.23. The molecule has 0 fully saturated rings. The van der Waals surface area contributed by atoms with Gasteiger partial charge in [0.25, 0.3) is 5.91 Å². The van der Waals surface area contributed by atoms with E-state index in [-0.39, 0.29) is 5.91 Å². The average molecular weight is 322 g/mol. The summed E-state index contributed by atoms with van der Waals surface area (Å²) < 4.78 is 6.16. The van der Waals surface area contributed by atoms with Gasteiger partial charge in [-0.1, -0.05) is 12.1 Å². The van der Waals surface area contributed by atoms with Crippen LogP contribution in [0.3, 0.4) is 0 Å². The zero-order valence-corrected chi connectivity index (χ0v) is 12.6. The van der Waals surface area contributed by atoms with Crippen LogP contribution in [0.5, 0.6) is 0 Å². The summed E-state index contributed by atoms with van der Waals surface area (Å²) in [7, 11) is 0. The molecule has 1 aromatic carbocycles. The first-order valence-corrected chi connectivity index (χ1v) is 6.99. The summed E-state index contributed by atoms with van der Waals surface area (Å²) in [5, 5.41) is 0. The molecule has 1 amide bonds. The molecule has 0 saturated carbocycles. The molecule has 1 heterocycles. The summed E-state index contributed by atoms with van der Waals surface area (Å²) in [5.41, 5.74) is 1.74. The summed E-state index contributed by atoms with van der Waals surface area (Å²) >= 11 is 3.49. The Morgan fingerprint density at radius 1 is 1.32 bits per heavy atom. The zero-order chi connectivity index (χ0) is 13.8. The molecule has 4 heteroatoms. The van der Waals surface area contributed by atoms with Gasteiger partial charge in [0.2, 0.25) is 0 Å². The Labute approximate surface area is 121 Å². The number of aryl methyl sites for hydroxylation is 1. The minimum atomic E-state index is 0.00877. The van der Waals surface area contributed by atoms with Gasteiger partial charge in [0.1, 0.15) is 5.76 Å². The van der Waals surface area contributed by atoms with Gasteiger partial charge in [-0.2, -0.15) is 0 Å². The summed E-state index contributed by atoms with van der Waals surface area (Å²) in [6.45, 7) is 5.07. The molecule has 19 heavy (non-hydrogen) atoms. The predicted molar refractivity (Wildman–Crippen MR) is 78.0 cm³/mol. The van der Waals surface area contributed by atoms with Crippen molar-refractivity contribution in [2.24, 2.45) is 0 Å². The van der Waals surface area contributed by atoms with E-state index < -0.39 is 0 Å². The first kappa shape index (κ1) is 13.9. The van der Waals surface area contributed by atoms with E-state index in [0.717, 1.165) is 15.8 Å². The second kappa shape index (κ2) is 6.06. The number of hydrogen-bond donors (Lipinski definition) is 0. The van der Waals surface area contributed by atoms with E-state index in [1.807, 2.05) is 44.2 Å². The van der Waals surface area contributed by atoms with Gasteiger partial charge < -0.3 is 9.32 Å². The number of nitrogens with zero attached hydrogens (tertiary/aromatic N) is 1. The van der Waals surface area contributed by atoms with Gasteiger partial charge >= 0.3 is 0 Å². The number of carbonyl (C=O) groups excluding carboxylic acids is 1. The zero-order valence-electron chi connectivity index (χ0n) is 11.0. The maximum absolute atomic E-state index is 12.5. The molecule has 0 spiro atoms. The summed E-state index contributed by atoms with van der Waals surface area (Å²) in [5.74, 6) is 0.799. The number of carbonyl (C=O) groups is 1. The van der Waals surface area contributed by atoms with E-state index in [2.05, 4.69) is 15.9 Å². The topological polar surface area (TPSA) is 33.5 Å². The predicted octanol–water partition coefficient (Wildman–Crippen LogP) is 4.01. The minimum absolute atomic E-state index is 0.00877. The number of benzene rings is 1. The Morgan fingerprint density at radius 3 is 2.74 bits per heavy atom. The minimum Gasteiger partial charge on any atom is -0.467 e. The van der Waals surface area contributed by atoms with Gasteiger partial charge in [-0.3, -0.25) is 4.79 Å². The standard InChI is InChI=1S/C15H16BrNO2/c1-3-17(10-12-7-5-9-19-12)15(18)13-8-4-6-11(2)14(13)16/h4-9H,3,10H2,1-2H3. The van der Waals surface area contributed by atoms with Crippen LogP contribution in [0.15, 0.2) is 45.5 Å². The Morgan fingerprint density at radius 2 is 2.11 bits per heavy atom. The van der Waals surface area contributed by atoms with Gasteiger partial charge in [-0.15, -0.1) is 0 Å². The van der Waals surface area contributed by atoms with Crippen LogP contribution >= 0.6 is 15.9 Å². The quantitative estimate of drug-likeness (QED) is 0.852. The molecule has 0 atom stereocenters. The van der Waals surface area contributed by atoms with E-state index >= 15 is 0 Å². The van der Waals surface area contributed by atoms with E-state index in [9.17, 15) is 4.79 Å². The summed E-state index contributed by atoms with van der Waals surface area (Å²) in [6, 6.07) is 9.42. The second-order valence-electron chi connectivity index (χ2n) is 4.34. The highest BCUT2D eigenvalue weighted by Crippen LogP contribution is 2.23. The molecule has 0 radical (unpaired) electrons. The molecule has 0 N–H and O–H groups in total. The molecule has 0 aliphatic carbocycles. The Bertz CT molecular complexity index is 564. The smallest absolute Gasteiger partial charge is 0.255 e. The van der Waals surface area contributed by atoms with Crippen LogP contribution in [0.1, 0.15) is 28.6 Å². The largest absolute Gasteiger partial charge is 0.467 e. The van der Waals surface area contributed by atoms with Crippen molar-refractivity contribution in [1.29, 1.82) is 0 Å². The van der Waals surface area contributed by atoms with Crippen LogP contribution in [-0.2, 0) is 6.54 Å². The molecule has 0 saturated heterocycles. The van der Waals surface area contributed by atoms with Crippen molar-refractivity contribution in [1.82, 2.24) is 4.90 Å². The lowest BCUT2D eigenvalue weighted by atomic mass is 10.1.